The van der Waals surface area contributed by atoms with Gasteiger partial charge >= 0.3 is 0 Å². The standard InChI is InChI=1S/C28H29N3O4/c1-33-22-6-4-5-19(15-22)26(31-13-2-3-14-31)20-7-10-25(29-17-20)30-27(32)28(11-12-28)21-8-9-23-24(16-21)35-18-34-23/h4-10,15-17,26H,2-3,11-14,18H2,1H3,(H,29,30,32). The summed E-state index contributed by atoms with van der Waals surface area (Å²) in [4.78, 5) is 20.4. The number of pyridine rings is 1. The number of anilines is 1. The number of aromatic nitrogens is 1. The lowest BCUT2D eigenvalue weighted by atomic mass is 9.94. The highest BCUT2D eigenvalue weighted by Gasteiger charge is 2.51. The van der Waals surface area contributed by atoms with Crippen LogP contribution in [-0.4, -0.2) is 42.8 Å². The topological polar surface area (TPSA) is 72.9 Å². The number of hydrogen-bond acceptors (Lipinski definition) is 6. The molecule has 3 aromatic rings. The molecule has 1 aliphatic carbocycles. The largest absolute Gasteiger partial charge is 0.497 e. The van der Waals surface area contributed by atoms with Gasteiger partial charge in [-0.05, 0) is 85.8 Å². The molecule has 180 valence electrons. The molecule has 1 saturated carbocycles. The number of ether oxygens (including phenoxy) is 3. The maximum atomic E-state index is 13.3. The lowest BCUT2D eigenvalue weighted by Gasteiger charge is -2.28. The van der Waals surface area contributed by atoms with Crippen LogP contribution in [0.3, 0.4) is 0 Å². The summed E-state index contributed by atoms with van der Waals surface area (Å²) in [6.45, 7) is 2.33. The number of carbonyl (C=O) groups is 1. The van der Waals surface area contributed by atoms with E-state index < -0.39 is 5.41 Å². The average molecular weight is 472 g/mol. The van der Waals surface area contributed by atoms with E-state index in [1.807, 2.05) is 42.6 Å². The van der Waals surface area contributed by atoms with Crippen molar-refractivity contribution < 1.29 is 19.0 Å². The van der Waals surface area contributed by atoms with E-state index in [2.05, 4.69) is 33.4 Å². The lowest BCUT2D eigenvalue weighted by Crippen LogP contribution is -2.28. The quantitative estimate of drug-likeness (QED) is 0.540. The molecule has 7 nitrogen and oxygen atoms in total. The fourth-order valence-corrected chi connectivity index (χ4v) is 5.27. The first-order valence-corrected chi connectivity index (χ1v) is 12.2. The molecule has 35 heavy (non-hydrogen) atoms. The molecule has 0 spiro atoms. The van der Waals surface area contributed by atoms with Crippen molar-refractivity contribution in [3.05, 3.63) is 77.5 Å². The van der Waals surface area contributed by atoms with Gasteiger partial charge in [-0.15, -0.1) is 0 Å². The fourth-order valence-electron chi connectivity index (χ4n) is 5.27. The molecular formula is C28H29N3O4. The molecule has 1 saturated heterocycles. The van der Waals surface area contributed by atoms with Crippen molar-refractivity contribution in [2.45, 2.75) is 37.1 Å². The molecule has 1 N–H and O–H groups in total. The van der Waals surface area contributed by atoms with Gasteiger partial charge in [0, 0.05) is 6.20 Å². The summed E-state index contributed by atoms with van der Waals surface area (Å²) in [5.41, 5.74) is 2.72. The number of methoxy groups -OCH3 is 1. The Kier molecular flexibility index (Phi) is 5.57. The Hall–Kier alpha value is -3.58. The first-order chi connectivity index (χ1) is 17.2. The zero-order valence-corrected chi connectivity index (χ0v) is 19.8. The van der Waals surface area contributed by atoms with Gasteiger partial charge in [0.1, 0.15) is 11.6 Å². The van der Waals surface area contributed by atoms with Crippen LogP contribution < -0.4 is 19.5 Å². The van der Waals surface area contributed by atoms with Crippen LogP contribution in [0, 0.1) is 0 Å². The van der Waals surface area contributed by atoms with E-state index in [0.29, 0.717) is 11.6 Å². The Morgan fingerprint density at radius 3 is 2.60 bits per heavy atom. The Morgan fingerprint density at radius 2 is 1.86 bits per heavy atom. The number of nitrogens with one attached hydrogen (secondary N) is 1. The second-order valence-electron chi connectivity index (χ2n) is 9.50. The monoisotopic (exact) mass is 471 g/mol. The van der Waals surface area contributed by atoms with E-state index in [1.54, 1.807) is 7.11 Å². The van der Waals surface area contributed by atoms with Crippen molar-refractivity contribution in [3.63, 3.8) is 0 Å². The molecule has 1 atom stereocenters. The molecule has 7 heteroatoms. The summed E-state index contributed by atoms with van der Waals surface area (Å²) in [7, 11) is 1.69. The number of hydrogen-bond donors (Lipinski definition) is 1. The van der Waals surface area contributed by atoms with Crippen LogP contribution in [-0.2, 0) is 10.2 Å². The van der Waals surface area contributed by atoms with E-state index in [-0.39, 0.29) is 18.7 Å². The zero-order chi connectivity index (χ0) is 23.8. The number of amides is 1. The minimum absolute atomic E-state index is 0.0273. The van der Waals surface area contributed by atoms with Gasteiger partial charge in [-0.25, -0.2) is 4.98 Å². The van der Waals surface area contributed by atoms with Gasteiger partial charge in [0.25, 0.3) is 0 Å². The molecule has 3 aliphatic rings. The smallest absolute Gasteiger partial charge is 0.236 e. The molecule has 0 radical (unpaired) electrons. The van der Waals surface area contributed by atoms with Gasteiger partial charge in [0.05, 0.1) is 18.6 Å². The van der Waals surface area contributed by atoms with E-state index >= 15 is 0 Å². The van der Waals surface area contributed by atoms with Crippen molar-refractivity contribution in [3.8, 4) is 17.2 Å². The van der Waals surface area contributed by atoms with Gasteiger partial charge in [0.15, 0.2) is 11.5 Å². The minimum atomic E-state index is -0.528. The van der Waals surface area contributed by atoms with E-state index in [9.17, 15) is 4.79 Å². The predicted molar refractivity (Wildman–Crippen MR) is 132 cm³/mol. The maximum Gasteiger partial charge on any atom is 0.236 e. The van der Waals surface area contributed by atoms with Crippen LogP contribution in [0.1, 0.15) is 48.4 Å². The first-order valence-electron chi connectivity index (χ1n) is 12.2. The highest BCUT2D eigenvalue weighted by Crippen LogP contribution is 2.51. The highest BCUT2D eigenvalue weighted by atomic mass is 16.7. The molecule has 0 bridgehead atoms. The summed E-state index contributed by atoms with van der Waals surface area (Å²) in [6.07, 6.45) is 5.90. The maximum absolute atomic E-state index is 13.3. The predicted octanol–water partition coefficient (Wildman–Crippen LogP) is 4.67. The first kappa shape index (κ1) is 21.9. The van der Waals surface area contributed by atoms with Crippen molar-refractivity contribution in [2.75, 3.05) is 32.3 Å². The number of carbonyl (C=O) groups excluding carboxylic acids is 1. The SMILES string of the molecule is COc1cccc(C(c2ccc(NC(=O)C3(c4ccc5c(c4)OCO5)CC3)nc2)N2CCCC2)c1. The third kappa shape index (κ3) is 4.10. The van der Waals surface area contributed by atoms with Gasteiger partial charge in [-0.1, -0.05) is 24.3 Å². The minimum Gasteiger partial charge on any atom is -0.497 e. The van der Waals surface area contributed by atoms with E-state index in [1.165, 1.54) is 18.4 Å². The summed E-state index contributed by atoms with van der Waals surface area (Å²) >= 11 is 0. The van der Waals surface area contributed by atoms with Crippen LogP contribution in [0.25, 0.3) is 0 Å². The number of fused-ring (bicyclic) bond motifs is 1. The Bertz CT molecular complexity index is 1230. The second-order valence-corrected chi connectivity index (χ2v) is 9.50. The summed E-state index contributed by atoms with van der Waals surface area (Å²) in [6, 6.07) is 18.1. The summed E-state index contributed by atoms with van der Waals surface area (Å²) < 4.78 is 16.4. The lowest BCUT2D eigenvalue weighted by molar-refractivity contribution is -0.118. The van der Waals surface area contributed by atoms with Gasteiger partial charge in [-0.3, -0.25) is 9.69 Å². The summed E-state index contributed by atoms with van der Waals surface area (Å²) in [5, 5.41) is 3.05. The third-order valence-corrected chi connectivity index (χ3v) is 7.37. The number of nitrogens with zero attached hydrogens (tertiary/aromatic N) is 2. The Labute approximate surface area is 205 Å². The molecule has 1 unspecified atom stereocenters. The van der Waals surface area contributed by atoms with E-state index in [4.69, 9.17) is 14.2 Å². The molecular weight excluding hydrogens is 442 g/mol. The van der Waals surface area contributed by atoms with Crippen molar-refractivity contribution in [2.24, 2.45) is 0 Å². The zero-order valence-electron chi connectivity index (χ0n) is 19.8. The van der Waals surface area contributed by atoms with Crippen molar-refractivity contribution in [1.29, 1.82) is 0 Å². The number of likely N-dealkylation sites (tertiary alicyclic amines) is 1. The fraction of sp³-hybridized carbons (Fsp3) is 0.357. The van der Waals surface area contributed by atoms with Gasteiger partial charge in [0.2, 0.25) is 12.7 Å². The third-order valence-electron chi connectivity index (χ3n) is 7.37. The second kappa shape index (κ2) is 8.89. The molecule has 2 aliphatic heterocycles. The van der Waals surface area contributed by atoms with Crippen LogP contribution in [0.2, 0.25) is 0 Å². The molecule has 2 fully saturated rings. The highest BCUT2D eigenvalue weighted by molar-refractivity contribution is 6.01. The van der Waals surface area contributed by atoms with Crippen LogP contribution in [0.15, 0.2) is 60.8 Å². The van der Waals surface area contributed by atoms with Crippen LogP contribution >= 0.6 is 0 Å². The Morgan fingerprint density at radius 1 is 1.03 bits per heavy atom. The van der Waals surface area contributed by atoms with Crippen LogP contribution in [0.5, 0.6) is 17.2 Å². The van der Waals surface area contributed by atoms with Crippen LogP contribution in [0.4, 0.5) is 5.82 Å². The molecule has 1 aromatic heterocycles. The Balaban J connectivity index is 1.22. The van der Waals surface area contributed by atoms with Crippen molar-refractivity contribution in [1.82, 2.24) is 9.88 Å². The van der Waals surface area contributed by atoms with E-state index in [0.717, 1.165) is 48.6 Å². The molecule has 2 aromatic carbocycles. The molecule has 6 rings (SSSR count). The molecule has 3 heterocycles. The number of rotatable bonds is 7. The number of benzene rings is 2. The average Bonchev–Trinajstić information content (AvgIpc) is 3.29. The normalized spacial score (nSPS) is 18.8. The van der Waals surface area contributed by atoms with Gasteiger partial charge in [-0.2, -0.15) is 0 Å². The summed E-state index contributed by atoms with van der Waals surface area (Å²) in [5.74, 6) is 2.82. The van der Waals surface area contributed by atoms with Gasteiger partial charge < -0.3 is 19.5 Å². The molecule has 1 amide bonds. The van der Waals surface area contributed by atoms with Crippen molar-refractivity contribution >= 4 is 11.7 Å².